The summed E-state index contributed by atoms with van der Waals surface area (Å²) in [5.41, 5.74) is 2.14. The van der Waals surface area contributed by atoms with Crippen LogP contribution >= 0.6 is 0 Å². The summed E-state index contributed by atoms with van der Waals surface area (Å²) in [4.78, 5) is 8.16. The summed E-state index contributed by atoms with van der Waals surface area (Å²) in [6.45, 7) is 0. The van der Waals surface area contributed by atoms with Crippen molar-refractivity contribution in [3.8, 4) is 5.88 Å². The maximum absolute atomic E-state index is 10.3. The number of hydrogen-bond donors (Lipinski definition) is 1. The van der Waals surface area contributed by atoms with Gasteiger partial charge in [0.2, 0.25) is 5.88 Å². The highest BCUT2D eigenvalue weighted by Gasteiger charge is 2.43. The quantitative estimate of drug-likeness (QED) is 0.905. The molecule has 3 atom stereocenters. The molecular formula is C16H18N2O2. The van der Waals surface area contributed by atoms with Crippen LogP contribution in [0.3, 0.4) is 0 Å². The van der Waals surface area contributed by atoms with Crippen LogP contribution in [0.15, 0.2) is 42.7 Å². The van der Waals surface area contributed by atoms with Crippen molar-refractivity contribution in [1.29, 1.82) is 0 Å². The monoisotopic (exact) mass is 270 g/mol. The number of aliphatic hydroxyl groups excluding tert-OH is 1. The second-order valence-corrected chi connectivity index (χ2v) is 5.24. The Bertz CT molecular complexity index is 574. The highest BCUT2D eigenvalue weighted by Crippen LogP contribution is 2.49. The van der Waals surface area contributed by atoms with E-state index in [1.54, 1.807) is 13.2 Å². The molecule has 3 rings (SSSR count). The van der Waals surface area contributed by atoms with E-state index in [1.165, 1.54) is 11.9 Å². The van der Waals surface area contributed by atoms with Crippen LogP contribution in [0, 0.1) is 5.92 Å². The Balaban J connectivity index is 1.62. The van der Waals surface area contributed by atoms with Gasteiger partial charge >= 0.3 is 0 Å². The molecule has 1 aromatic carbocycles. The molecule has 1 aliphatic rings. The third-order valence-electron chi connectivity index (χ3n) is 3.89. The first-order valence-electron chi connectivity index (χ1n) is 6.86. The predicted octanol–water partition coefficient (Wildman–Crippen LogP) is 2.19. The average molecular weight is 270 g/mol. The van der Waals surface area contributed by atoms with E-state index in [1.807, 2.05) is 18.2 Å². The molecule has 1 aromatic heterocycles. The second kappa shape index (κ2) is 5.59. The van der Waals surface area contributed by atoms with Crippen LogP contribution in [0.4, 0.5) is 0 Å². The van der Waals surface area contributed by atoms with Crippen molar-refractivity contribution in [2.45, 2.75) is 24.9 Å². The van der Waals surface area contributed by atoms with Crippen LogP contribution in [-0.2, 0) is 6.42 Å². The van der Waals surface area contributed by atoms with E-state index in [2.05, 4.69) is 22.1 Å². The Kier molecular flexibility index (Phi) is 3.65. The highest BCUT2D eigenvalue weighted by atomic mass is 16.5. The molecule has 2 aromatic rings. The molecule has 1 saturated carbocycles. The number of nitrogens with zero attached hydrogens (tertiary/aromatic N) is 2. The fourth-order valence-electron chi connectivity index (χ4n) is 2.69. The maximum Gasteiger partial charge on any atom is 0.216 e. The van der Waals surface area contributed by atoms with Gasteiger partial charge in [-0.15, -0.1) is 0 Å². The fraction of sp³-hybridized carbons (Fsp3) is 0.375. The molecule has 1 N–H and O–H groups in total. The third-order valence-corrected chi connectivity index (χ3v) is 3.89. The van der Waals surface area contributed by atoms with Gasteiger partial charge in [-0.25, -0.2) is 9.97 Å². The standard InChI is InChI=1S/C16H18N2O2/c1-20-16-8-12(17-10-18-16)7-15(19)14-9-13(14)11-5-3-2-4-6-11/h2-6,8,10,13-15,19H,7,9H2,1H3. The van der Waals surface area contributed by atoms with Crippen molar-refractivity contribution in [3.63, 3.8) is 0 Å². The van der Waals surface area contributed by atoms with Crippen molar-refractivity contribution in [2.75, 3.05) is 7.11 Å². The lowest BCUT2D eigenvalue weighted by Crippen LogP contribution is -2.15. The Morgan fingerprint density at radius 3 is 2.85 bits per heavy atom. The number of rotatable bonds is 5. The van der Waals surface area contributed by atoms with Gasteiger partial charge in [-0.3, -0.25) is 0 Å². The normalized spacial score (nSPS) is 22.3. The molecule has 0 bridgehead atoms. The molecule has 1 heterocycles. The van der Waals surface area contributed by atoms with Gasteiger partial charge in [0.15, 0.2) is 0 Å². The van der Waals surface area contributed by atoms with Gasteiger partial charge < -0.3 is 9.84 Å². The van der Waals surface area contributed by atoms with E-state index in [9.17, 15) is 5.11 Å². The van der Waals surface area contributed by atoms with Crippen LogP contribution in [-0.4, -0.2) is 28.3 Å². The molecule has 1 aliphatic carbocycles. The molecule has 0 amide bonds. The van der Waals surface area contributed by atoms with Gasteiger partial charge in [0.05, 0.1) is 18.9 Å². The average Bonchev–Trinajstić information content (AvgIpc) is 3.29. The molecule has 0 aliphatic heterocycles. The lowest BCUT2D eigenvalue weighted by Gasteiger charge is -2.10. The largest absolute Gasteiger partial charge is 0.481 e. The van der Waals surface area contributed by atoms with Crippen LogP contribution in [0.5, 0.6) is 5.88 Å². The summed E-state index contributed by atoms with van der Waals surface area (Å²) in [5, 5.41) is 10.3. The molecule has 1 fully saturated rings. The van der Waals surface area contributed by atoms with E-state index < -0.39 is 0 Å². The number of benzene rings is 1. The number of hydrogen-bond acceptors (Lipinski definition) is 4. The first-order valence-corrected chi connectivity index (χ1v) is 6.86. The zero-order valence-electron chi connectivity index (χ0n) is 11.4. The van der Waals surface area contributed by atoms with Crippen LogP contribution < -0.4 is 4.74 Å². The first kappa shape index (κ1) is 13.1. The van der Waals surface area contributed by atoms with Crippen LogP contribution in [0.1, 0.15) is 23.6 Å². The first-order chi connectivity index (χ1) is 9.78. The van der Waals surface area contributed by atoms with Crippen molar-refractivity contribution >= 4 is 0 Å². The minimum absolute atomic E-state index is 0.332. The van der Waals surface area contributed by atoms with Crippen molar-refractivity contribution < 1.29 is 9.84 Å². The lowest BCUT2D eigenvalue weighted by molar-refractivity contribution is 0.148. The fourth-order valence-corrected chi connectivity index (χ4v) is 2.69. The molecule has 4 nitrogen and oxygen atoms in total. The minimum atomic E-state index is -0.361. The number of aliphatic hydroxyl groups is 1. The Hall–Kier alpha value is -1.94. The summed E-state index contributed by atoms with van der Waals surface area (Å²) < 4.78 is 5.07. The maximum atomic E-state index is 10.3. The Morgan fingerprint density at radius 2 is 2.10 bits per heavy atom. The molecule has 0 spiro atoms. The highest BCUT2D eigenvalue weighted by molar-refractivity contribution is 5.26. The van der Waals surface area contributed by atoms with E-state index >= 15 is 0 Å². The predicted molar refractivity (Wildman–Crippen MR) is 75.6 cm³/mol. The van der Waals surface area contributed by atoms with Gasteiger partial charge in [0, 0.05) is 12.5 Å². The molecular weight excluding hydrogens is 252 g/mol. The summed E-state index contributed by atoms with van der Waals surface area (Å²) in [6, 6.07) is 12.2. The van der Waals surface area contributed by atoms with Crippen LogP contribution in [0.25, 0.3) is 0 Å². The Morgan fingerprint density at radius 1 is 1.30 bits per heavy atom. The molecule has 0 radical (unpaired) electrons. The molecule has 104 valence electrons. The topological polar surface area (TPSA) is 55.2 Å². The van der Waals surface area contributed by atoms with E-state index in [-0.39, 0.29) is 6.10 Å². The molecule has 20 heavy (non-hydrogen) atoms. The van der Waals surface area contributed by atoms with Gasteiger partial charge in [-0.05, 0) is 23.8 Å². The van der Waals surface area contributed by atoms with Crippen LogP contribution in [0.2, 0.25) is 0 Å². The van der Waals surface area contributed by atoms with Gasteiger partial charge in [0.1, 0.15) is 6.33 Å². The Labute approximate surface area is 118 Å². The zero-order chi connectivity index (χ0) is 13.9. The zero-order valence-corrected chi connectivity index (χ0v) is 11.4. The van der Waals surface area contributed by atoms with Gasteiger partial charge in [-0.1, -0.05) is 30.3 Å². The smallest absolute Gasteiger partial charge is 0.216 e. The molecule has 0 saturated heterocycles. The summed E-state index contributed by atoms with van der Waals surface area (Å²) in [6.07, 6.45) is 2.71. The number of ether oxygens (including phenoxy) is 1. The number of aromatic nitrogens is 2. The third kappa shape index (κ3) is 2.80. The SMILES string of the molecule is COc1cc(CC(O)C2CC2c2ccccc2)ncn1. The number of methoxy groups -OCH3 is 1. The second-order valence-electron chi connectivity index (χ2n) is 5.24. The minimum Gasteiger partial charge on any atom is -0.481 e. The summed E-state index contributed by atoms with van der Waals surface area (Å²) >= 11 is 0. The van der Waals surface area contributed by atoms with E-state index in [0.717, 1.165) is 12.1 Å². The summed E-state index contributed by atoms with van der Waals surface area (Å²) in [7, 11) is 1.58. The van der Waals surface area contributed by atoms with E-state index in [4.69, 9.17) is 4.74 Å². The van der Waals surface area contributed by atoms with Crippen molar-refractivity contribution in [1.82, 2.24) is 9.97 Å². The van der Waals surface area contributed by atoms with Gasteiger partial charge in [0.25, 0.3) is 0 Å². The summed E-state index contributed by atoms with van der Waals surface area (Å²) in [5.74, 6) is 1.35. The van der Waals surface area contributed by atoms with E-state index in [0.29, 0.717) is 24.1 Å². The molecule has 3 unspecified atom stereocenters. The molecule has 4 heteroatoms. The van der Waals surface area contributed by atoms with Crippen molar-refractivity contribution in [3.05, 3.63) is 54.0 Å². The lowest BCUT2D eigenvalue weighted by atomic mass is 10.0. The van der Waals surface area contributed by atoms with Gasteiger partial charge in [-0.2, -0.15) is 0 Å². The van der Waals surface area contributed by atoms with Crippen molar-refractivity contribution in [2.24, 2.45) is 5.92 Å².